The van der Waals surface area contributed by atoms with Crippen LogP contribution in [0, 0.1) is 0 Å². The molecule has 2 N–H and O–H groups in total. The maximum absolute atomic E-state index is 11.4. The Bertz CT molecular complexity index is 1150. The molecule has 3 aromatic rings. The van der Waals surface area contributed by atoms with E-state index in [0.29, 0.717) is 48.7 Å². The minimum atomic E-state index is -1.03. The molecule has 8 nitrogen and oxygen atoms in total. The molecule has 0 amide bonds. The van der Waals surface area contributed by atoms with E-state index in [9.17, 15) is 19.8 Å². The van der Waals surface area contributed by atoms with Crippen LogP contribution < -0.4 is 18.9 Å². The van der Waals surface area contributed by atoms with Crippen molar-refractivity contribution in [1.82, 2.24) is 0 Å². The largest absolute Gasteiger partial charge is 0.496 e. The summed E-state index contributed by atoms with van der Waals surface area (Å²) in [6, 6.07) is 14.1. The van der Waals surface area contributed by atoms with Crippen molar-refractivity contribution in [1.29, 1.82) is 0 Å². The van der Waals surface area contributed by atoms with Crippen LogP contribution in [0.4, 0.5) is 0 Å². The Morgan fingerprint density at radius 1 is 0.556 bits per heavy atom. The average Bonchev–Trinajstić information content (AvgIpc) is 2.89. The summed E-state index contributed by atoms with van der Waals surface area (Å²) in [5.74, 6) is -0.162. The van der Waals surface area contributed by atoms with Crippen LogP contribution in [0.1, 0.15) is 43.0 Å². The summed E-state index contributed by atoms with van der Waals surface area (Å²) >= 11 is 0. The zero-order valence-corrected chi connectivity index (χ0v) is 20.8. The molecule has 0 heterocycles. The number of methoxy groups -OCH3 is 4. The van der Waals surface area contributed by atoms with Crippen LogP contribution >= 0.6 is 0 Å². The molecule has 0 aromatic heterocycles. The first-order valence-corrected chi connectivity index (χ1v) is 11.3. The summed E-state index contributed by atoms with van der Waals surface area (Å²) in [4.78, 5) is 22.8. The SMILES string of the molecule is COc1cc(CCc2ccc(C(=O)O)c(OC)c2)c(CCc2ccc(C(=O)O)c(OC)c2)cc1OC. The Balaban J connectivity index is 1.86. The van der Waals surface area contributed by atoms with Gasteiger partial charge < -0.3 is 29.2 Å². The number of hydrogen-bond acceptors (Lipinski definition) is 6. The number of aryl methyl sites for hydroxylation is 4. The van der Waals surface area contributed by atoms with Gasteiger partial charge in [-0.15, -0.1) is 0 Å². The Hall–Kier alpha value is -4.20. The highest BCUT2D eigenvalue weighted by Gasteiger charge is 2.15. The monoisotopic (exact) mass is 494 g/mol. The molecule has 0 spiro atoms. The second-order valence-electron chi connectivity index (χ2n) is 8.16. The lowest BCUT2D eigenvalue weighted by atomic mass is 9.94. The van der Waals surface area contributed by atoms with E-state index < -0.39 is 11.9 Å². The van der Waals surface area contributed by atoms with E-state index in [2.05, 4.69) is 0 Å². The average molecular weight is 495 g/mol. The number of aromatic carboxylic acids is 2. The van der Waals surface area contributed by atoms with E-state index >= 15 is 0 Å². The fourth-order valence-corrected chi connectivity index (χ4v) is 4.12. The van der Waals surface area contributed by atoms with Gasteiger partial charge in [-0.3, -0.25) is 0 Å². The topological polar surface area (TPSA) is 112 Å². The van der Waals surface area contributed by atoms with Gasteiger partial charge in [0, 0.05) is 0 Å². The Morgan fingerprint density at radius 3 is 1.22 bits per heavy atom. The molecule has 8 heteroatoms. The number of carboxylic acid groups (broad SMARTS) is 2. The Kier molecular flexibility index (Phi) is 8.78. The smallest absolute Gasteiger partial charge is 0.339 e. The quantitative estimate of drug-likeness (QED) is 0.373. The lowest BCUT2D eigenvalue weighted by molar-refractivity contribution is 0.0682. The van der Waals surface area contributed by atoms with Crippen molar-refractivity contribution in [2.75, 3.05) is 28.4 Å². The number of ether oxygens (including phenoxy) is 4. The first kappa shape index (κ1) is 26.4. The van der Waals surface area contributed by atoms with E-state index in [1.54, 1.807) is 50.6 Å². The van der Waals surface area contributed by atoms with E-state index in [1.165, 1.54) is 14.2 Å². The molecular formula is C28H30O8. The van der Waals surface area contributed by atoms with Crippen molar-refractivity contribution in [3.05, 3.63) is 81.9 Å². The molecular weight excluding hydrogens is 464 g/mol. The summed E-state index contributed by atoms with van der Waals surface area (Å²) in [5.41, 5.74) is 4.29. The molecule has 0 aliphatic rings. The third-order valence-electron chi connectivity index (χ3n) is 6.06. The second-order valence-corrected chi connectivity index (χ2v) is 8.16. The third-order valence-corrected chi connectivity index (χ3v) is 6.06. The van der Waals surface area contributed by atoms with Crippen LogP contribution in [0.3, 0.4) is 0 Å². The van der Waals surface area contributed by atoms with E-state index in [1.807, 2.05) is 12.1 Å². The molecule has 36 heavy (non-hydrogen) atoms. The molecule has 0 unspecified atom stereocenters. The van der Waals surface area contributed by atoms with Gasteiger partial charge in [-0.05, 0) is 84.3 Å². The highest BCUT2D eigenvalue weighted by Crippen LogP contribution is 2.33. The summed E-state index contributed by atoms with van der Waals surface area (Å²) in [6.45, 7) is 0. The van der Waals surface area contributed by atoms with Crippen molar-refractivity contribution in [3.8, 4) is 23.0 Å². The van der Waals surface area contributed by atoms with Crippen LogP contribution in [0.2, 0.25) is 0 Å². The molecule has 0 fully saturated rings. The predicted octanol–water partition coefficient (Wildman–Crippen LogP) is 4.69. The maximum atomic E-state index is 11.4. The van der Waals surface area contributed by atoms with Gasteiger partial charge in [0.25, 0.3) is 0 Å². The van der Waals surface area contributed by atoms with Gasteiger partial charge >= 0.3 is 11.9 Å². The fourth-order valence-electron chi connectivity index (χ4n) is 4.12. The van der Waals surface area contributed by atoms with E-state index in [-0.39, 0.29) is 11.1 Å². The summed E-state index contributed by atoms with van der Waals surface area (Å²) in [6.07, 6.45) is 2.71. The maximum Gasteiger partial charge on any atom is 0.339 e. The van der Waals surface area contributed by atoms with Crippen LogP contribution in [-0.4, -0.2) is 50.6 Å². The number of benzene rings is 3. The van der Waals surface area contributed by atoms with Crippen LogP contribution in [0.25, 0.3) is 0 Å². The van der Waals surface area contributed by atoms with Gasteiger partial charge in [0.15, 0.2) is 11.5 Å². The fraction of sp³-hybridized carbons (Fsp3) is 0.286. The normalized spacial score (nSPS) is 10.6. The number of rotatable bonds is 12. The van der Waals surface area contributed by atoms with Crippen molar-refractivity contribution in [2.24, 2.45) is 0 Å². The standard InChI is InChI=1S/C28H30O8/c1-33-23-13-17(7-11-21(23)27(29)30)5-9-19-15-25(35-3)26(36-4)16-20(19)10-6-18-8-12-22(28(31)32)24(14-18)34-2/h7-8,11-16H,5-6,9-10H2,1-4H3,(H,29,30)(H,31,32). The third kappa shape index (κ3) is 6.07. The van der Waals surface area contributed by atoms with Gasteiger partial charge in [0.1, 0.15) is 22.6 Å². The molecule has 0 aliphatic carbocycles. The van der Waals surface area contributed by atoms with Gasteiger partial charge in [-0.2, -0.15) is 0 Å². The second kappa shape index (κ2) is 12.0. The zero-order valence-electron chi connectivity index (χ0n) is 20.8. The van der Waals surface area contributed by atoms with Crippen molar-refractivity contribution >= 4 is 11.9 Å². The minimum Gasteiger partial charge on any atom is -0.496 e. The summed E-state index contributed by atoms with van der Waals surface area (Å²) in [5, 5.41) is 18.6. The summed E-state index contributed by atoms with van der Waals surface area (Å²) < 4.78 is 21.5. The number of hydrogen-bond donors (Lipinski definition) is 2. The minimum absolute atomic E-state index is 0.123. The summed E-state index contributed by atoms with van der Waals surface area (Å²) in [7, 11) is 6.09. The van der Waals surface area contributed by atoms with Gasteiger partial charge in [-0.25, -0.2) is 9.59 Å². The zero-order chi connectivity index (χ0) is 26.2. The molecule has 0 aliphatic heterocycles. The first-order chi connectivity index (χ1) is 17.3. The number of carboxylic acids is 2. The van der Waals surface area contributed by atoms with Crippen molar-refractivity contribution in [2.45, 2.75) is 25.7 Å². The molecule has 3 rings (SSSR count). The molecule has 0 radical (unpaired) electrons. The lowest BCUT2D eigenvalue weighted by Gasteiger charge is -2.16. The Morgan fingerprint density at radius 2 is 0.917 bits per heavy atom. The molecule has 0 bridgehead atoms. The molecule has 190 valence electrons. The van der Waals surface area contributed by atoms with Gasteiger partial charge in [0.05, 0.1) is 28.4 Å². The molecule has 3 aromatic carbocycles. The van der Waals surface area contributed by atoms with Crippen molar-refractivity contribution < 1.29 is 38.7 Å². The molecule has 0 saturated carbocycles. The molecule has 0 saturated heterocycles. The first-order valence-electron chi connectivity index (χ1n) is 11.3. The van der Waals surface area contributed by atoms with Crippen molar-refractivity contribution in [3.63, 3.8) is 0 Å². The molecule has 0 atom stereocenters. The lowest BCUT2D eigenvalue weighted by Crippen LogP contribution is -2.05. The van der Waals surface area contributed by atoms with Crippen LogP contribution in [0.5, 0.6) is 23.0 Å². The predicted molar refractivity (Wildman–Crippen MR) is 134 cm³/mol. The van der Waals surface area contributed by atoms with Gasteiger partial charge in [-0.1, -0.05) is 12.1 Å². The van der Waals surface area contributed by atoms with E-state index in [4.69, 9.17) is 18.9 Å². The van der Waals surface area contributed by atoms with Crippen LogP contribution in [0.15, 0.2) is 48.5 Å². The van der Waals surface area contributed by atoms with Crippen LogP contribution in [-0.2, 0) is 25.7 Å². The Labute approximate surface area is 210 Å². The highest BCUT2D eigenvalue weighted by molar-refractivity contribution is 5.91. The highest BCUT2D eigenvalue weighted by atomic mass is 16.5. The van der Waals surface area contributed by atoms with E-state index in [0.717, 1.165) is 22.3 Å². The van der Waals surface area contributed by atoms with Gasteiger partial charge in [0.2, 0.25) is 0 Å². The number of carbonyl (C=O) groups is 2.